The van der Waals surface area contributed by atoms with Crippen LogP contribution in [0.1, 0.15) is 39.0 Å². The van der Waals surface area contributed by atoms with Gasteiger partial charge in [0.25, 0.3) is 0 Å². The summed E-state index contributed by atoms with van der Waals surface area (Å²) in [5.41, 5.74) is 5.40. The molecule has 1 amide bonds. The number of amides is 1. The Bertz CT molecular complexity index is 694. The molecule has 202 valence electrons. The minimum Gasteiger partial charge on any atom is -0.378 e. The molecule has 4 fully saturated rings. The van der Waals surface area contributed by atoms with Gasteiger partial charge in [0, 0.05) is 56.6 Å². The zero-order chi connectivity index (χ0) is 24.9. The molecule has 0 radical (unpaired) electrons. The third-order valence-corrected chi connectivity index (χ3v) is 8.43. The van der Waals surface area contributed by atoms with Crippen LogP contribution in [0, 0.1) is 17.8 Å². The molecule has 0 bridgehead atoms. The molecule has 4 rings (SSSR count). The molecule has 6 N–H and O–H groups in total. The predicted octanol–water partition coefficient (Wildman–Crippen LogP) is 0.426. The van der Waals surface area contributed by atoms with Gasteiger partial charge in [0.2, 0.25) is 5.91 Å². The first-order valence-corrected chi connectivity index (χ1v) is 13.4. The van der Waals surface area contributed by atoms with E-state index in [1.165, 1.54) is 0 Å². The number of fused-ring (bicyclic) bond motifs is 1. The van der Waals surface area contributed by atoms with E-state index in [2.05, 4.69) is 33.1 Å². The van der Waals surface area contributed by atoms with E-state index in [1.807, 2.05) is 0 Å². The number of nitrogens with two attached hydrogens (primary N) is 1. The Morgan fingerprint density at radius 3 is 2.71 bits per heavy atom. The molecule has 10 unspecified atom stereocenters. The second-order valence-corrected chi connectivity index (χ2v) is 10.7. The van der Waals surface area contributed by atoms with Crippen LogP contribution >= 0.6 is 0 Å². The lowest BCUT2D eigenvalue weighted by Crippen LogP contribution is -2.67. The number of nitrogens with one attached hydrogen (secondary N) is 4. The fourth-order valence-electron chi connectivity index (χ4n) is 6.57. The van der Waals surface area contributed by atoms with E-state index >= 15 is 0 Å². The molecule has 0 aromatic heterocycles. The SMILES string of the molecule is CC1CC(NC2NCCN3C(C4CCC(F)C(F)C4F)CNC23)CCC1C(=O)NCCOCCN. The molecule has 0 aromatic rings. The smallest absolute Gasteiger partial charge is 0.223 e. The summed E-state index contributed by atoms with van der Waals surface area (Å²) in [6.45, 7) is 6.14. The molecule has 2 heterocycles. The maximum atomic E-state index is 14.7. The number of halogens is 3. The van der Waals surface area contributed by atoms with Crippen molar-refractivity contribution >= 4 is 5.91 Å². The van der Waals surface area contributed by atoms with Crippen molar-refractivity contribution in [3.63, 3.8) is 0 Å². The number of rotatable bonds is 9. The highest BCUT2D eigenvalue weighted by molar-refractivity contribution is 5.79. The highest BCUT2D eigenvalue weighted by Gasteiger charge is 2.50. The predicted molar refractivity (Wildman–Crippen MR) is 128 cm³/mol. The van der Waals surface area contributed by atoms with Crippen LogP contribution in [0.15, 0.2) is 0 Å². The molecule has 4 aliphatic rings. The summed E-state index contributed by atoms with van der Waals surface area (Å²) in [4.78, 5) is 14.9. The van der Waals surface area contributed by atoms with E-state index in [9.17, 15) is 18.0 Å². The molecule has 35 heavy (non-hydrogen) atoms. The maximum Gasteiger partial charge on any atom is 0.223 e. The zero-order valence-corrected chi connectivity index (χ0v) is 20.7. The van der Waals surface area contributed by atoms with Crippen molar-refractivity contribution in [3.8, 4) is 0 Å². The van der Waals surface area contributed by atoms with E-state index in [4.69, 9.17) is 10.5 Å². The van der Waals surface area contributed by atoms with Crippen LogP contribution in [0.2, 0.25) is 0 Å². The van der Waals surface area contributed by atoms with Crippen LogP contribution in [0.25, 0.3) is 0 Å². The van der Waals surface area contributed by atoms with E-state index in [-0.39, 0.29) is 48.6 Å². The number of alkyl halides is 3. The monoisotopic (exact) mass is 504 g/mol. The Balaban J connectivity index is 1.26. The Morgan fingerprint density at radius 2 is 1.94 bits per heavy atom. The summed E-state index contributed by atoms with van der Waals surface area (Å²) in [6.07, 6.45) is -2.41. The summed E-state index contributed by atoms with van der Waals surface area (Å²) < 4.78 is 47.8. The fourth-order valence-corrected chi connectivity index (χ4v) is 6.57. The lowest BCUT2D eigenvalue weighted by Gasteiger charge is -2.45. The third kappa shape index (κ3) is 6.30. The topological polar surface area (TPSA) is 104 Å². The highest BCUT2D eigenvalue weighted by Crippen LogP contribution is 2.37. The van der Waals surface area contributed by atoms with Gasteiger partial charge in [0.05, 0.1) is 25.5 Å². The lowest BCUT2D eigenvalue weighted by molar-refractivity contribution is -0.128. The van der Waals surface area contributed by atoms with Crippen LogP contribution in [-0.4, -0.2) is 99.7 Å². The van der Waals surface area contributed by atoms with Gasteiger partial charge in [-0.1, -0.05) is 6.92 Å². The quantitative estimate of drug-likeness (QED) is 0.290. The second-order valence-electron chi connectivity index (χ2n) is 10.7. The first-order valence-electron chi connectivity index (χ1n) is 13.4. The minimum absolute atomic E-state index is 0.00637. The Labute approximate surface area is 206 Å². The van der Waals surface area contributed by atoms with Gasteiger partial charge in [-0.15, -0.1) is 0 Å². The Kier molecular flexibility index (Phi) is 9.67. The number of hydrogen-bond acceptors (Lipinski definition) is 7. The molecule has 2 saturated carbocycles. The van der Waals surface area contributed by atoms with E-state index < -0.39 is 24.4 Å². The van der Waals surface area contributed by atoms with Crippen LogP contribution < -0.4 is 27.0 Å². The molecule has 8 nitrogen and oxygen atoms in total. The average Bonchev–Trinajstić information content (AvgIpc) is 3.27. The molecule has 0 aromatic carbocycles. The zero-order valence-electron chi connectivity index (χ0n) is 20.7. The second kappa shape index (κ2) is 12.5. The van der Waals surface area contributed by atoms with Crippen molar-refractivity contribution in [2.24, 2.45) is 23.5 Å². The summed E-state index contributed by atoms with van der Waals surface area (Å²) in [7, 11) is 0. The molecule has 2 aliphatic carbocycles. The summed E-state index contributed by atoms with van der Waals surface area (Å²) in [5, 5.41) is 13.7. The van der Waals surface area contributed by atoms with E-state index in [1.54, 1.807) is 0 Å². The van der Waals surface area contributed by atoms with Crippen molar-refractivity contribution in [3.05, 3.63) is 0 Å². The van der Waals surface area contributed by atoms with Gasteiger partial charge < -0.3 is 15.8 Å². The highest BCUT2D eigenvalue weighted by atomic mass is 19.2. The van der Waals surface area contributed by atoms with E-state index in [0.29, 0.717) is 39.3 Å². The van der Waals surface area contributed by atoms with Crippen LogP contribution in [-0.2, 0) is 9.53 Å². The summed E-state index contributed by atoms with van der Waals surface area (Å²) in [5.74, 6) is -0.152. The molecule has 2 saturated heterocycles. The van der Waals surface area contributed by atoms with Gasteiger partial charge in [0.15, 0.2) is 6.17 Å². The standard InChI is InChI=1S/C24H43F3N6O2/c1-14-12-15(2-3-16(14)24(34)30-8-11-35-10-6-28)32-22-23-31-13-19(33(23)9-7-29-22)17-4-5-18(25)21(27)20(17)26/h14-23,29,31-32H,2-13,28H2,1H3,(H,30,34). The van der Waals surface area contributed by atoms with Crippen molar-refractivity contribution < 1.29 is 22.7 Å². The first-order chi connectivity index (χ1) is 16.9. The number of hydrogen-bond donors (Lipinski definition) is 5. The Morgan fingerprint density at radius 1 is 1.11 bits per heavy atom. The number of ether oxygens (including phenoxy) is 1. The van der Waals surface area contributed by atoms with Gasteiger partial charge in [-0.25, -0.2) is 13.2 Å². The van der Waals surface area contributed by atoms with Gasteiger partial charge in [0.1, 0.15) is 12.3 Å². The number of carbonyl (C=O) groups is 1. The number of nitrogens with zero attached hydrogens (tertiary/aromatic N) is 1. The van der Waals surface area contributed by atoms with Crippen LogP contribution in [0.5, 0.6) is 0 Å². The lowest BCUT2D eigenvalue weighted by atomic mass is 9.77. The fraction of sp³-hybridized carbons (Fsp3) is 0.958. The first kappa shape index (κ1) is 27.1. The average molecular weight is 505 g/mol. The van der Waals surface area contributed by atoms with Crippen molar-refractivity contribution in [1.29, 1.82) is 0 Å². The van der Waals surface area contributed by atoms with Crippen LogP contribution in [0.3, 0.4) is 0 Å². The van der Waals surface area contributed by atoms with Gasteiger partial charge in [-0.05, 0) is 38.0 Å². The van der Waals surface area contributed by atoms with Crippen LogP contribution in [0.4, 0.5) is 13.2 Å². The largest absolute Gasteiger partial charge is 0.378 e. The third-order valence-electron chi connectivity index (χ3n) is 8.43. The normalized spacial score (nSPS) is 42.5. The minimum atomic E-state index is -2.02. The van der Waals surface area contributed by atoms with Gasteiger partial charge >= 0.3 is 0 Å². The molecule has 0 spiro atoms. The molecular weight excluding hydrogens is 461 g/mol. The number of carbonyl (C=O) groups excluding carboxylic acids is 1. The maximum absolute atomic E-state index is 14.7. The molecule has 10 atom stereocenters. The molecule has 2 aliphatic heterocycles. The molecular formula is C24H43F3N6O2. The Hall–Kier alpha value is -0.980. The van der Waals surface area contributed by atoms with Gasteiger partial charge in [-0.2, -0.15) is 0 Å². The van der Waals surface area contributed by atoms with Crippen molar-refractivity contribution in [1.82, 2.24) is 26.2 Å². The van der Waals surface area contributed by atoms with E-state index in [0.717, 1.165) is 32.4 Å². The van der Waals surface area contributed by atoms with Crippen molar-refractivity contribution in [2.75, 3.05) is 45.9 Å². The van der Waals surface area contributed by atoms with Gasteiger partial charge in [-0.3, -0.25) is 25.6 Å². The summed E-state index contributed by atoms with van der Waals surface area (Å²) in [6, 6.07) is 0.144. The van der Waals surface area contributed by atoms with Crippen molar-refractivity contribution in [2.45, 2.75) is 82.0 Å². The summed E-state index contributed by atoms with van der Waals surface area (Å²) >= 11 is 0. The molecule has 11 heteroatoms. The number of piperazine rings is 1.